The molecule has 1 aromatic carbocycles. The Kier molecular flexibility index (Phi) is 3.04. The smallest absolute Gasteiger partial charge is 0.411 e. The zero-order valence-electron chi connectivity index (χ0n) is 13.3. The number of likely N-dealkylation sites (N-methyl/N-ethyl adjacent to an activating group) is 1. The number of nitrogens with zero attached hydrogens (tertiary/aromatic N) is 2. The summed E-state index contributed by atoms with van der Waals surface area (Å²) in [5, 5.41) is 0. The molecule has 6 nitrogen and oxygen atoms in total. The number of carbonyl (C=O) groups is 2. The zero-order chi connectivity index (χ0) is 16.2. The molecule has 6 heteroatoms. The molecule has 0 bridgehead atoms. The molecule has 0 unspecified atom stereocenters. The van der Waals surface area contributed by atoms with Crippen LogP contribution < -0.4 is 4.90 Å². The minimum Gasteiger partial charge on any atom is -0.466 e. The van der Waals surface area contributed by atoms with E-state index < -0.39 is 5.41 Å². The van der Waals surface area contributed by atoms with Crippen LogP contribution >= 0.6 is 0 Å². The van der Waals surface area contributed by atoms with E-state index in [1.807, 2.05) is 32.2 Å². The lowest BCUT2D eigenvalue weighted by Gasteiger charge is -2.34. The molecule has 23 heavy (non-hydrogen) atoms. The van der Waals surface area contributed by atoms with Gasteiger partial charge in [-0.2, -0.15) is 0 Å². The predicted octanol–water partition coefficient (Wildman–Crippen LogP) is 1.88. The zero-order valence-corrected chi connectivity index (χ0v) is 13.3. The number of fused-ring (bicyclic) bond motifs is 5. The third-order valence-corrected chi connectivity index (χ3v) is 5.31. The van der Waals surface area contributed by atoms with E-state index in [9.17, 15) is 9.59 Å². The topological polar surface area (TPSA) is 59.1 Å². The van der Waals surface area contributed by atoms with Crippen LogP contribution in [0.2, 0.25) is 0 Å². The fourth-order valence-corrected chi connectivity index (χ4v) is 4.59. The Bertz CT molecular complexity index is 676. The number of benzene rings is 1. The van der Waals surface area contributed by atoms with Crippen molar-refractivity contribution in [1.29, 1.82) is 0 Å². The number of carbonyl (C=O) groups excluding carboxylic acids is 2. The van der Waals surface area contributed by atoms with Gasteiger partial charge in [-0.05, 0) is 25.0 Å². The van der Waals surface area contributed by atoms with Gasteiger partial charge in [0, 0.05) is 18.2 Å². The number of amides is 1. The fourth-order valence-electron chi connectivity index (χ4n) is 4.59. The summed E-state index contributed by atoms with van der Waals surface area (Å²) < 4.78 is 10.4. The number of para-hydroxylation sites is 1. The maximum absolute atomic E-state index is 12.3. The average Bonchev–Trinajstić information content (AvgIpc) is 3.10. The Hall–Kier alpha value is -2.24. The third-order valence-electron chi connectivity index (χ3n) is 5.31. The molecular weight excluding hydrogens is 296 g/mol. The van der Waals surface area contributed by atoms with Gasteiger partial charge < -0.3 is 14.4 Å². The summed E-state index contributed by atoms with van der Waals surface area (Å²) in [5.74, 6) is -0.211. The second kappa shape index (κ2) is 4.88. The summed E-state index contributed by atoms with van der Waals surface area (Å²) in [4.78, 5) is 28.4. The van der Waals surface area contributed by atoms with Gasteiger partial charge in [0.15, 0.2) is 0 Å². The van der Waals surface area contributed by atoms with Gasteiger partial charge in [0.2, 0.25) is 0 Å². The molecule has 2 fully saturated rings. The minimum absolute atomic E-state index is 0.0257. The minimum atomic E-state index is -0.415. The molecule has 3 heterocycles. The predicted molar refractivity (Wildman–Crippen MR) is 83.2 cm³/mol. The number of hydrogen-bond acceptors (Lipinski definition) is 5. The highest BCUT2D eigenvalue weighted by molar-refractivity contribution is 5.80. The molecule has 2 saturated heterocycles. The molecule has 4 rings (SSSR count). The van der Waals surface area contributed by atoms with E-state index >= 15 is 0 Å². The van der Waals surface area contributed by atoms with Crippen LogP contribution in [0.3, 0.4) is 0 Å². The highest BCUT2D eigenvalue weighted by Crippen LogP contribution is 2.56. The lowest BCUT2D eigenvalue weighted by molar-refractivity contribution is -0.144. The second-order valence-corrected chi connectivity index (χ2v) is 6.48. The average molecular weight is 316 g/mol. The number of rotatable bonds is 3. The van der Waals surface area contributed by atoms with Crippen molar-refractivity contribution in [1.82, 2.24) is 4.90 Å². The van der Waals surface area contributed by atoms with E-state index in [-0.39, 0.29) is 30.7 Å². The lowest BCUT2D eigenvalue weighted by atomic mass is 9.75. The summed E-state index contributed by atoms with van der Waals surface area (Å²) in [5.41, 5.74) is 1.78. The molecule has 0 spiro atoms. The van der Waals surface area contributed by atoms with Gasteiger partial charge in [0.1, 0.15) is 12.8 Å². The highest BCUT2D eigenvalue weighted by Gasteiger charge is 2.64. The van der Waals surface area contributed by atoms with Crippen LogP contribution in [-0.4, -0.2) is 49.4 Å². The Morgan fingerprint density at radius 2 is 2.22 bits per heavy atom. The van der Waals surface area contributed by atoms with E-state index in [2.05, 4.69) is 11.0 Å². The third kappa shape index (κ3) is 1.81. The van der Waals surface area contributed by atoms with Crippen molar-refractivity contribution in [3.8, 4) is 0 Å². The van der Waals surface area contributed by atoms with E-state index in [1.54, 1.807) is 4.90 Å². The molecule has 3 aliphatic heterocycles. The van der Waals surface area contributed by atoms with Crippen molar-refractivity contribution in [2.75, 3.05) is 25.2 Å². The van der Waals surface area contributed by atoms with Crippen LogP contribution in [-0.2, 0) is 19.7 Å². The Balaban J connectivity index is 1.81. The standard InChI is InChI=1S/C17H20N2O4/c1-3-22-14(20)9-17-8-11-10-23-16(21)19(11)15(17)18(2)13-7-5-4-6-12(13)17/h4-7,11,15H,3,8-10H2,1-2H3/t11-,15+,17-/m0/s1. The first-order valence-electron chi connectivity index (χ1n) is 8.01. The maximum atomic E-state index is 12.3. The number of cyclic esters (lactones) is 1. The normalized spacial score (nSPS) is 30.8. The monoisotopic (exact) mass is 316 g/mol. The molecule has 0 aliphatic carbocycles. The number of anilines is 1. The maximum Gasteiger partial charge on any atom is 0.411 e. The van der Waals surface area contributed by atoms with Crippen molar-refractivity contribution in [3.63, 3.8) is 0 Å². The molecule has 3 aliphatic rings. The van der Waals surface area contributed by atoms with Gasteiger partial charge in [-0.15, -0.1) is 0 Å². The molecule has 0 saturated carbocycles. The molecule has 1 aromatic rings. The molecule has 122 valence electrons. The van der Waals surface area contributed by atoms with Crippen LogP contribution in [0.4, 0.5) is 10.5 Å². The lowest BCUT2D eigenvalue weighted by Crippen LogP contribution is -2.50. The summed E-state index contributed by atoms with van der Waals surface area (Å²) in [6.07, 6.45) is 0.533. The largest absolute Gasteiger partial charge is 0.466 e. The van der Waals surface area contributed by atoms with Crippen LogP contribution in [0, 0.1) is 0 Å². The van der Waals surface area contributed by atoms with Crippen LogP contribution in [0.1, 0.15) is 25.3 Å². The second-order valence-electron chi connectivity index (χ2n) is 6.48. The summed E-state index contributed by atoms with van der Waals surface area (Å²) in [6.45, 7) is 2.58. The number of ether oxygens (including phenoxy) is 2. The van der Waals surface area contributed by atoms with Crippen LogP contribution in [0.5, 0.6) is 0 Å². The van der Waals surface area contributed by atoms with Crippen LogP contribution in [0.25, 0.3) is 0 Å². The van der Waals surface area contributed by atoms with E-state index in [4.69, 9.17) is 9.47 Å². The first-order chi connectivity index (χ1) is 11.1. The molecular formula is C17H20N2O4. The number of hydrogen-bond donors (Lipinski definition) is 0. The fraction of sp³-hybridized carbons (Fsp3) is 0.529. The summed E-state index contributed by atoms with van der Waals surface area (Å²) in [6, 6.07) is 8.10. The first kappa shape index (κ1) is 14.4. The quantitative estimate of drug-likeness (QED) is 0.797. The van der Waals surface area contributed by atoms with Crippen molar-refractivity contribution in [2.24, 2.45) is 0 Å². The summed E-state index contributed by atoms with van der Waals surface area (Å²) in [7, 11) is 1.98. The van der Waals surface area contributed by atoms with Gasteiger partial charge in [0.25, 0.3) is 0 Å². The van der Waals surface area contributed by atoms with Crippen molar-refractivity contribution < 1.29 is 19.1 Å². The Labute approximate surface area is 134 Å². The molecule has 3 atom stereocenters. The van der Waals surface area contributed by atoms with E-state index in [0.29, 0.717) is 13.2 Å². The van der Waals surface area contributed by atoms with E-state index in [1.165, 1.54) is 0 Å². The van der Waals surface area contributed by atoms with Crippen molar-refractivity contribution >= 4 is 17.7 Å². The van der Waals surface area contributed by atoms with Gasteiger partial charge >= 0.3 is 12.1 Å². The van der Waals surface area contributed by atoms with Crippen LogP contribution in [0.15, 0.2) is 24.3 Å². The Morgan fingerprint density at radius 1 is 1.43 bits per heavy atom. The van der Waals surface area contributed by atoms with E-state index in [0.717, 1.165) is 17.7 Å². The SMILES string of the molecule is CCOC(=O)C[C@]12C[C@H]3COC(=O)N3[C@H]1N(C)c1ccccc12. The van der Waals surface area contributed by atoms with Gasteiger partial charge in [-0.25, -0.2) is 4.79 Å². The van der Waals surface area contributed by atoms with Gasteiger partial charge in [0.05, 0.1) is 19.1 Å². The van der Waals surface area contributed by atoms with Crippen molar-refractivity contribution in [3.05, 3.63) is 29.8 Å². The highest BCUT2D eigenvalue weighted by atomic mass is 16.6. The molecule has 1 amide bonds. The number of esters is 1. The van der Waals surface area contributed by atoms with Gasteiger partial charge in [-0.3, -0.25) is 9.69 Å². The molecule has 0 N–H and O–H groups in total. The molecule has 0 aromatic heterocycles. The summed E-state index contributed by atoms with van der Waals surface area (Å²) >= 11 is 0. The first-order valence-corrected chi connectivity index (χ1v) is 8.01. The Morgan fingerprint density at radius 3 is 3.00 bits per heavy atom. The van der Waals surface area contributed by atoms with Gasteiger partial charge in [-0.1, -0.05) is 18.2 Å². The molecule has 0 radical (unpaired) electrons. The van der Waals surface area contributed by atoms with Crippen molar-refractivity contribution in [2.45, 2.75) is 37.4 Å².